The average Bonchev–Trinajstić information content (AvgIpc) is 3.55. The number of ether oxygens (including phenoxy) is 1. The van der Waals surface area contributed by atoms with Crippen LogP contribution in [0.3, 0.4) is 0 Å². The lowest BCUT2D eigenvalue weighted by Crippen LogP contribution is -2.35. The van der Waals surface area contributed by atoms with Crippen molar-refractivity contribution in [2.45, 2.75) is 62.6 Å². The molecule has 270 valence electrons. The largest absolute Gasteiger partial charge is 0.494 e. The number of sulfone groups is 1. The molecule has 1 aliphatic rings. The van der Waals surface area contributed by atoms with Crippen molar-refractivity contribution in [3.63, 3.8) is 0 Å². The molecule has 4 aromatic rings. The number of likely N-dealkylation sites (tertiary alicyclic amines) is 1. The number of benzene rings is 3. The van der Waals surface area contributed by atoms with Gasteiger partial charge in [-0.15, -0.1) is 0 Å². The summed E-state index contributed by atoms with van der Waals surface area (Å²) in [5, 5.41) is 3.42. The highest BCUT2D eigenvalue weighted by molar-refractivity contribution is 7.90. The zero-order chi connectivity index (χ0) is 36.4. The summed E-state index contributed by atoms with van der Waals surface area (Å²) in [5.74, 6) is -0.910. The molecule has 1 aliphatic heterocycles. The molecule has 1 unspecified atom stereocenters. The zero-order valence-electron chi connectivity index (χ0n) is 29.6. The van der Waals surface area contributed by atoms with Crippen LogP contribution in [0.4, 0.5) is 4.39 Å². The number of methoxy groups -OCH3 is 1. The maximum Gasteiger partial charge on any atom is 0.223 e. The lowest BCUT2D eigenvalue weighted by molar-refractivity contribution is -0.132. The van der Waals surface area contributed by atoms with E-state index < -0.39 is 15.7 Å². The second kappa shape index (κ2) is 17.7. The Balaban J connectivity index is 1.14. The van der Waals surface area contributed by atoms with E-state index in [9.17, 15) is 22.4 Å². The lowest BCUT2D eigenvalue weighted by Gasteiger charge is -2.27. The van der Waals surface area contributed by atoms with Crippen molar-refractivity contribution in [3.8, 4) is 17.0 Å². The van der Waals surface area contributed by atoms with E-state index in [1.165, 1.54) is 25.5 Å². The predicted molar refractivity (Wildman–Crippen MR) is 197 cm³/mol. The molecule has 0 radical (unpaired) electrons. The molecule has 1 atom stereocenters. The molecule has 0 aliphatic carbocycles. The van der Waals surface area contributed by atoms with Gasteiger partial charge in [0.05, 0.1) is 17.7 Å². The predicted octanol–water partition coefficient (Wildman–Crippen LogP) is 6.11. The minimum atomic E-state index is -3.19. The maximum atomic E-state index is 14.2. The number of hydrogen-bond acceptors (Lipinski definition) is 8. The van der Waals surface area contributed by atoms with E-state index in [0.717, 1.165) is 72.8 Å². The number of carbonyl (C=O) groups excluding carboxylic acids is 2. The molecule has 0 spiro atoms. The van der Waals surface area contributed by atoms with Gasteiger partial charge in [0.25, 0.3) is 0 Å². The van der Waals surface area contributed by atoms with E-state index in [4.69, 9.17) is 4.74 Å². The first-order valence-corrected chi connectivity index (χ1v) is 19.3. The highest BCUT2D eigenvalue weighted by atomic mass is 32.2. The monoisotopic (exact) mass is 714 g/mol. The fourth-order valence-corrected chi connectivity index (χ4v) is 7.00. The van der Waals surface area contributed by atoms with Crippen LogP contribution >= 0.6 is 0 Å². The molecule has 51 heavy (non-hydrogen) atoms. The molecule has 1 saturated heterocycles. The van der Waals surface area contributed by atoms with Crippen LogP contribution in [0.2, 0.25) is 0 Å². The lowest BCUT2D eigenvalue weighted by atomic mass is 10.0. The summed E-state index contributed by atoms with van der Waals surface area (Å²) in [4.78, 5) is 35.5. The summed E-state index contributed by atoms with van der Waals surface area (Å²) in [5.41, 5.74) is 5.16. The van der Waals surface area contributed by atoms with Crippen LogP contribution in [0, 0.1) is 5.82 Å². The number of pyridine rings is 1. The van der Waals surface area contributed by atoms with Gasteiger partial charge >= 0.3 is 0 Å². The first kappa shape index (κ1) is 37.8. The van der Waals surface area contributed by atoms with Gasteiger partial charge in [0.1, 0.15) is 0 Å². The van der Waals surface area contributed by atoms with Crippen molar-refractivity contribution < 1.29 is 27.1 Å². The third kappa shape index (κ3) is 10.8. The van der Waals surface area contributed by atoms with Gasteiger partial charge in [-0.25, -0.2) is 12.8 Å². The molecule has 11 heteroatoms. The summed E-state index contributed by atoms with van der Waals surface area (Å²) in [7, 11) is 0.301. The first-order chi connectivity index (χ1) is 24.5. The summed E-state index contributed by atoms with van der Waals surface area (Å²) in [6.07, 6.45) is 7.03. The van der Waals surface area contributed by atoms with Gasteiger partial charge in [-0.2, -0.15) is 0 Å². The Morgan fingerprint density at radius 2 is 1.71 bits per heavy atom. The Morgan fingerprint density at radius 3 is 2.33 bits per heavy atom. The highest BCUT2D eigenvalue weighted by Gasteiger charge is 2.24. The van der Waals surface area contributed by atoms with E-state index in [-0.39, 0.29) is 35.8 Å². The van der Waals surface area contributed by atoms with Crippen LogP contribution < -0.4 is 10.1 Å². The summed E-state index contributed by atoms with van der Waals surface area (Å²) >= 11 is 0. The van der Waals surface area contributed by atoms with Crippen LogP contribution in [0.1, 0.15) is 59.2 Å². The van der Waals surface area contributed by atoms with Gasteiger partial charge in [0.2, 0.25) is 5.91 Å². The number of nitrogens with zero attached hydrogens (tertiary/aromatic N) is 3. The zero-order valence-corrected chi connectivity index (χ0v) is 30.4. The quantitative estimate of drug-likeness (QED) is 0.103. The van der Waals surface area contributed by atoms with Gasteiger partial charge < -0.3 is 19.9 Å². The van der Waals surface area contributed by atoms with E-state index in [2.05, 4.69) is 22.2 Å². The number of Topliss-reactive ketones (excluding diaryl/α,β-unsaturated/α-hetero) is 1. The average molecular weight is 715 g/mol. The van der Waals surface area contributed by atoms with Crippen molar-refractivity contribution in [1.29, 1.82) is 0 Å². The Hall–Kier alpha value is -4.45. The Kier molecular flexibility index (Phi) is 13.1. The molecule has 3 aromatic carbocycles. The van der Waals surface area contributed by atoms with Gasteiger partial charge in [-0.3, -0.25) is 14.6 Å². The van der Waals surface area contributed by atoms with Crippen LogP contribution in [0.5, 0.6) is 5.75 Å². The molecule has 2 heterocycles. The molecule has 0 saturated carbocycles. The highest BCUT2D eigenvalue weighted by Crippen LogP contribution is 2.23. The normalized spacial score (nSPS) is 14.8. The molecule has 1 aromatic heterocycles. The van der Waals surface area contributed by atoms with Crippen LogP contribution in [-0.2, 0) is 34.1 Å². The number of halogens is 1. The van der Waals surface area contributed by atoms with Crippen molar-refractivity contribution in [2.75, 3.05) is 40.0 Å². The van der Waals surface area contributed by atoms with E-state index in [1.54, 1.807) is 12.1 Å². The van der Waals surface area contributed by atoms with Crippen molar-refractivity contribution >= 4 is 21.5 Å². The van der Waals surface area contributed by atoms with Crippen LogP contribution in [0.15, 0.2) is 90.0 Å². The molecule has 1 amide bonds. The van der Waals surface area contributed by atoms with Crippen molar-refractivity contribution in [3.05, 3.63) is 113 Å². The Morgan fingerprint density at radius 1 is 0.980 bits per heavy atom. The van der Waals surface area contributed by atoms with Gasteiger partial charge in [-0.1, -0.05) is 42.5 Å². The summed E-state index contributed by atoms with van der Waals surface area (Å²) in [6, 6.07) is 23.6. The van der Waals surface area contributed by atoms with Crippen molar-refractivity contribution in [1.82, 2.24) is 20.1 Å². The number of hydrogen-bond donors (Lipinski definition) is 1. The molecule has 1 N–H and O–H groups in total. The number of rotatable bonds is 17. The second-order valence-corrected chi connectivity index (χ2v) is 15.3. The smallest absolute Gasteiger partial charge is 0.223 e. The molecule has 5 rings (SSSR count). The molecular formula is C40H47FN4O5S. The van der Waals surface area contributed by atoms with E-state index in [0.29, 0.717) is 30.6 Å². The first-order valence-electron chi connectivity index (χ1n) is 17.4. The number of nitrogens with one attached hydrogen (secondary N) is 1. The number of ketones is 1. The van der Waals surface area contributed by atoms with Crippen LogP contribution in [-0.4, -0.2) is 81.0 Å². The van der Waals surface area contributed by atoms with Crippen LogP contribution in [0.25, 0.3) is 11.3 Å². The molecule has 1 fully saturated rings. The van der Waals surface area contributed by atoms with Gasteiger partial charge in [0, 0.05) is 62.1 Å². The third-order valence-electron chi connectivity index (χ3n) is 9.52. The molecule has 0 bridgehead atoms. The van der Waals surface area contributed by atoms with Gasteiger partial charge in [-0.05, 0) is 98.9 Å². The minimum Gasteiger partial charge on any atom is -0.494 e. The Labute approximate surface area is 300 Å². The van der Waals surface area contributed by atoms with Crippen molar-refractivity contribution in [2.24, 2.45) is 0 Å². The number of aromatic nitrogens is 1. The fourth-order valence-electron chi connectivity index (χ4n) is 6.37. The minimum absolute atomic E-state index is 0.00163. The summed E-state index contributed by atoms with van der Waals surface area (Å²) in [6.45, 7) is 3.49. The summed E-state index contributed by atoms with van der Waals surface area (Å²) < 4.78 is 42.4. The maximum absolute atomic E-state index is 14.2. The molecule has 9 nitrogen and oxygen atoms in total. The Bertz CT molecular complexity index is 1880. The van der Waals surface area contributed by atoms with E-state index >= 15 is 0 Å². The third-order valence-corrected chi connectivity index (χ3v) is 10.6. The number of carbonyl (C=O) groups is 2. The molecular weight excluding hydrogens is 668 g/mol. The number of amides is 1. The van der Waals surface area contributed by atoms with E-state index in [1.807, 2.05) is 59.6 Å². The second-order valence-electron chi connectivity index (χ2n) is 13.2. The fraction of sp³-hybridized carbons (Fsp3) is 0.375. The SMILES string of the molecule is COc1ccc(C(=O)CCC(=O)N(CCC2CCCN2C)Cc2ccc(-c3ccc(CNCCc4ccc(S(C)(=O)=O)cc4)cn3)cc2)cc1F. The topological polar surface area (TPSA) is 109 Å². The standard InChI is InChI=1S/C40H47FN4O5S/c1-44-23-4-5-34(44)21-24-45(40(47)19-17-38(46)33-13-18-39(50-2)36(41)25-33)28-30-6-11-32(12-7-30)37-16-10-31(27-43-37)26-42-22-20-29-8-14-35(15-9-29)51(3,48)49/h6-16,18,25,27,34,42H,4-5,17,19-24,26,28H2,1-3H3. The van der Waals surface area contributed by atoms with Gasteiger partial charge in [0.15, 0.2) is 27.2 Å².